The zero-order chi connectivity index (χ0) is 19.3. The van der Waals surface area contributed by atoms with Crippen LogP contribution in [0.1, 0.15) is 85.0 Å². The van der Waals surface area contributed by atoms with Gasteiger partial charge in [0.2, 0.25) is 0 Å². The molecule has 6 nitrogen and oxygen atoms in total. The van der Waals surface area contributed by atoms with Crippen molar-refractivity contribution in [3.05, 3.63) is 0 Å². The van der Waals surface area contributed by atoms with Crippen molar-refractivity contribution >= 4 is 12.0 Å². The molecule has 2 amide bonds. The Kier molecular flexibility index (Phi) is 12.3. The van der Waals surface area contributed by atoms with Crippen molar-refractivity contribution in [3.63, 3.8) is 0 Å². The number of nitrogens with zero attached hydrogens (tertiary/aromatic N) is 1. The normalized spacial score (nSPS) is 12.8. The van der Waals surface area contributed by atoms with Gasteiger partial charge in [-0.2, -0.15) is 0 Å². The lowest BCUT2D eigenvalue weighted by Crippen LogP contribution is -2.38. The maximum absolute atomic E-state index is 11.5. The third-order valence-electron chi connectivity index (χ3n) is 4.86. The second-order valence-corrected chi connectivity index (χ2v) is 7.63. The first-order chi connectivity index (χ1) is 11.7. The molecular weight excluding hydrogens is 320 g/mol. The van der Waals surface area contributed by atoms with Crippen LogP contribution in [0.4, 0.5) is 4.79 Å². The van der Waals surface area contributed by atoms with Crippen LogP contribution in [0, 0.1) is 5.41 Å². The van der Waals surface area contributed by atoms with Gasteiger partial charge in [0.15, 0.2) is 0 Å². The molecule has 0 rings (SSSR count). The highest BCUT2D eigenvalue weighted by Gasteiger charge is 2.26. The fourth-order valence-corrected chi connectivity index (χ4v) is 2.93. The van der Waals surface area contributed by atoms with E-state index in [9.17, 15) is 14.7 Å². The molecule has 0 fully saturated rings. The van der Waals surface area contributed by atoms with Gasteiger partial charge in [0.25, 0.3) is 0 Å². The molecule has 1 unspecified atom stereocenters. The topological polar surface area (TPSA) is 104 Å². The molecule has 0 radical (unpaired) electrons. The molecule has 4 N–H and O–H groups in total. The lowest BCUT2D eigenvalue weighted by molar-refractivity contribution is -0.137. The molecule has 0 aliphatic heterocycles. The van der Waals surface area contributed by atoms with Crippen LogP contribution in [-0.4, -0.2) is 46.3 Å². The monoisotopic (exact) mass is 358 g/mol. The summed E-state index contributed by atoms with van der Waals surface area (Å²) < 4.78 is 0. The summed E-state index contributed by atoms with van der Waals surface area (Å²) in [6.45, 7) is 7.49. The molecule has 1 atom stereocenters. The molecule has 0 aliphatic carbocycles. The summed E-state index contributed by atoms with van der Waals surface area (Å²) >= 11 is 0. The van der Waals surface area contributed by atoms with Gasteiger partial charge in [0.05, 0.1) is 6.10 Å². The lowest BCUT2D eigenvalue weighted by Gasteiger charge is -2.31. The van der Waals surface area contributed by atoms with Gasteiger partial charge >= 0.3 is 12.0 Å². The molecular formula is C19H38N2O4. The first kappa shape index (κ1) is 23.7. The molecule has 0 saturated heterocycles. The highest BCUT2D eigenvalue weighted by atomic mass is 16.4. The number of carboxylic acids is 1. The van der Waals surface area contributed by atoms with Crippen molar-refractivity contribution in [3.8, 4) is 0 Å². The van der Waals surface area contributed by atoms with Gasteiger partial charge in [-0.25, -0.2) is 4.79 Å². The summed E-state index contributed by atoms with van der Waals surface area (Å²) in [6, 6.07) is -0.426. The zero-order valence-corrected chi connectivity index (χ0v) is 16.3. The van der Waals surface area contributed by atoms with Crippen LogP contribution in [-0.2, 0) is 4.79 Å². The number of nitrogens with two attached hydrogens (primary N) is 1. The number of aliphatic carboxylic acids is 1. The van der Waals surface area contributed by atoms with E-state index in [2.05, 4.69) is 20.8 Å². The fraction of sp³-hybridized carbons (Fsp3) is 0.895. The average Bonchev–Trinajstić information content (AvgIpc) is 2.53. The number of carboxylic acid groups (broad SMARTS) is 1. The molecule has 0 aromatic rings. The Labute approximate surface area is 152 Å². The second-order valence-electron chi connectivity index (χ2n) is 7.63. The van der Waals surface area contributed by atoms with E-state index in [-0.39, 0.29) is 17.9 Å². The Morgan fingerprint density at radius 2 is 1.64 bits per heavy atom. The van der Waals surface area contributed by atoms with Gasteiger partial charge in [-0.1, -0.05) is 46.5 Å². The van der Waals surface area contributed by atoms with Crippen LogP contribution in [0.5, 0.6) is 0 Å². The minimum absolute atomic E-state index is 0.0995. The minimum atomic E-state index is -0.765. The van der Waals surface area contributed by atoms with E-state index in [1.54, 1.807) is 4.90 Å². The van der Waals surface area contributed by atoms with Crippen molar-refractivity contribution in [1.29, 1.82) is 0 Å². The summed E-state index contributed by atoms with van der Waals surface area (Å²) in [5.41, 5.74) is 5.33. The van der Waals surface area contributed by atoms with Crippen LogP contribution in [0.3, 0.4) is 0 Å². The van der Waals surface area contributed by atoms with Crippen LogP contribution in [0.15, 0.2) is 0 Å². The third kappa shape index (κ3) is 11.8. The van der Waals surface area contributed by atoms with E-state index >= 15 is 0 Å². The Bertz CT molecular complexity index is 386. The van der Waals surface area contributed by atoms with E-state index in [1.165, 1.54) is 0 Å². The van der Waals surface area contributed by atoms with Crippen molar-refractivity contribution in [2.75, 3.05) is 13.1 Å². The maximum atomic E-state index is 11.5. The molecule has 0 saturated carbocycles. The predicted molar refractivity (Wildman–Crippen MR) is 100 cm³/mol. The smallest absolute Gasteiger partial charge is 0.314 e. The number of amides is 2. The highest BCUT2D eigenvalue weighted by Crippen LogP contribution is 2.30. The second kappa shape index (κ2) is 13.0. The lowest BCUT2D eigenvalue weighted by atomic mass is 9.80. The van der Waals surface area contributed by atoms with Crippen LogP contribution >= 0.6 is 0 Å². The number of carbonyl (C=O) groups excluding carboxylic acids is 1. The van der Waals surface area contributed by atoms with Crippen molar-refractivity contribution in [1.82, 2.24) is 4.90 Å². The Hall–Kier alpha value is -1.30. The number of hydrogen-bond acceptors (Lipinski definition) is 3. The predicted octanol–water partition coefficient (Wildman–Crippen LogP) is 3.76. The first-order valence-electron chi connectivity index (χ1n) is 9.65. The van der Waals surface area contributed by atoms with Crippen LogP contribution < -0.4 is 5.73 Å². The number of rotatable bonds is 15. The summed E-state index contributed by atoms with van der Waals surface area (Å²) in [7, 11) is 0. The number of aliphatic hydroxyl groups is 1. The summed E-state index contributed by atoms with van der Waals surface area (Å²) in [4.78, 5) is 23.6. The number of unbranched alkanes of at least 4 members (excludes halogenated alkanes) is 4. The van der Waals surface area contributed by atoms with Crippen molar-refractivity contribution < 1.29 is 19.8 Å². The third-order valence-corrected chi connectivity index (χ3v) is 4.86. The summed E-state index contributed by atoms with van der Waals surface area (Å²) in [6.07, 6.45) is 7.70. The summed E-state index contributed by atoms with van der Waals surface area (Å²) in [5.74, 6) is -0.765. The number of aliphatic hydroxyl groups excluding tert-OH is 1. The van der Waals surface area contributed by atoms with E-state index in [0.29, 0.717) is 25.9 Å². The largest absolute Gasteiger partial charge is 0.481 e. The van der Waals surface area contributed by atoms with Gasteiger partial charge in [-0.15, -0.1) is 0 Å². The Morgan fingerprint density at radius 3 is 2.20 bits per heavy atom. The van der Waals surface area contributed by atoms with Crippen LogP contribution in [0.25, 0.3) is 0 Å². The van der Waals surface area contributed by atoms with E-state index in [0.717, 1.165) is 44.9 Å². The Morgan fingerprint density at radius 1 is 1.04 bits per heavy atom. The minimum Gasteiger partial charge on any atom is -0.481 e. The molecule has 0 aromatic heterocycles. The quantitative estimate of drug-likeness (QED) is 0.388. The fourth-order valence-electron chi connectivity index (χ4n) is 2.93. The SMILES string of the molecule is CCCCC(C)(C)C(O)CCCN(CCCCCCC(=O)O)C(N)=O. The van der Waals surface area contributed by atoms with Gasteiger partial charge in [-0.3, -0.25) is 4.79 Å². The molecule has 148 valence electrons. The van der Waals surface area contributed by atoms with Crippen molar-refractivity contribution in [2.45, 2.75) is 91.1 Å². The number of urea groups is 1. The number of carbonyl (C=O) groups is 2. The average molecular weight is 359 g/mol. The molecule has 0 heterocycles. The molecule has 0 aromatic carbocycles. The Balaban J connectivity index is 4.03. The maximum Gasteiger partial charge on any atom is 0.314 e. The molecule has 6 heteroatoms. The van der Waals surface area contributed by atoms with Gasteiger partial charge in [-0.05, 0) is 37.5 Å². The van der Waals surface area contributed by atoms with E-state index in [4.69, 9.17) is 10.8 Å². The van der Waals surface area contributed by atoms with Crippen molar-refractivity contribution in [2.24, 2.45) is 11.1 Å². The molecule has 0 bridgehead atoms. The van der Waals surface area contributed by atoms with E-state index in [1.807, 2.05) is 0 Å². The summed E-state index contributed by atoms with van der Waals surface area (Å²) in [5, 5.41) is 19.0. The number of hydrogen-bond donors (Lipinski definition) is 3. The zero-order valence-electron chi connectivity index (χ0n) is 16.3. The van der Waals surface area contributed by atoms with Gasteiger partial charge < -0.3 is 20.8 Å². The van der Waals surface area contributed by atoms with Gasteiger partial charge in [0, 0.05) is 19.5 Å². The van der Waals surface area contributed by atoms with Gasteiger partial charge in [0.1, 0.15) is 0 Å². The van der Waals surface area contributed by atoms with E-state index < -0.39 is 12.0 Å². The standard InChI is InChI=1S/C19H38N2O4/c1-4-5-13-19(2,3)16(22)11-10-15-21(18(20)25)14-9-7-6-8-12-17(23)24/h16,22H,4-15H2,1-3H3,(H2,20,25)(H,23,24). The van der Waals surface area contributed by atoms with Crippen LogP contribution in [0.2, 0.25) is 0 Å². The number of primary amides is 1. The highest BCUT2D eigenvalue weighted by molar-refractivity contribution is 5.71. The first-order valence-corrected chi connectivity index (χ1v) is 9.65. The molecule has 25 heavy (non-hydrogen) atoms. The molecule has 0 spiro atoms. The molecule has 0 aliphatic rings.